The number of hydrogen-bond donors (Lipinski definition) is 0. The van der Waals surface area contributed by atoms with Gasteiger partial charge in [-0.25, -0.2) is 13.9 Å². The lowest BCUT2D eigenvalue weighted by atomic mass is 10.1. The quantitative estimate of drug-likeness (QED) is 0.648. The maximum Gasteiger partial charge on any atom is 0.229 e. The highest BCUT2D eigenvalue weighted by atomic mass is 19.1. The zero-order valence-electron chi connectivity index (χ0n) is 17.3. The third kappa shape index (κ3) is 3.04. The van der Waals surface area contributed by atoms with E-state index >= 15 is 0 Å². The Morgan fingerprint density at radius 3 is 2.58 bits per heavy atom. The highest BCUT2D eigenvalue weighted by Crippen LogP contribution is 2.41. The average molecular weight is 421 g/mol. The average Bonchev–Trinajstić information content (AvgIpc) is 3.26. The van der Waals surface area contributed by atoms with E-state index in [0.717, 1.165) is 48.3 Å². The SMILES string of the molecule is COc1ccc(-c2cc3c(N4CC5CCC(C4)N5C(=O)[C@@H]4C[C@H]4F)ccnn3c2)cn1. The molecule has 2 saturated heterocycles. The van der Waals surface area contributed by atoms with Gasteiger partial charge in [-0.05, 0) is 37.5 Å². The lowest BCUT2D eigenvalue weighted by Crippen LogP contribution is -2.56. The second-order valence-corrected chi connectivity index (χ2v) is 8.76. The molecule has 1 aliphatic carbocycles. The van der Waals surface area contributed by atoms with Crippen molar-refractivity contribution in [2.24, 2.45) is 5.92 Å². The van der Waals surface area contributed by atoms with E-state index in [-0.39, 0.29) is 18.0 Å². The fourth-order valence-corrected chi connectivity index (χ4v) is 5.17. The molecule has 3 aromatic heterocycles. The van der Waals surface area contributed by atoms with Gasteiger partial charge in [0.25, 0.3) is 0 Å². The molecule has 0 radical (unpaired) electrons. The predicted molar refractivity (Wildman–Crippen MR) is 114 cm³/mol. The molecular weight excluding hydrogens is 397 g/mol. The topological polar surface area (TPSA) is 63.0 Å². The van der Waals surface area contributed by atoms with E-state index in [9.17, 15) is 9.18 Å². The van der Waals surface area contributed by atoms with Crippen molar-refractivity contribution in [3.8, 4) is 17.0 Å². The van der Waals surface area contributed by atoms with Gasteiger partial charge >= 0.3 is 0 Å². The zero-order valence-corrected chi connectivity index (χ0v) is 17.3. The Morgan fingerprint density at radius 2 is 1.94 bits per heavy atom. The molecule has 8 heteroatoms. The van der Waals surface area contributed by atoms with E-state index in [2.05, 4.69) is 21.0 Å². The number of hydrogen-bond acceptors (Lipinski definition) is 5. The minimum Gasteiger partial charge on any atom is -0.481 e. The van der Waals surface area contributed by atoms with Crippen molar-refractivity contribution in [2.75, 3.05) is 25.1 Å². The van der Waals surface area contributed by atoms with Gasteiger partial charge in [0.05, 0.1) is 24.2 Å². The summed E-state index contributed by atoms with van der Waals surface area (Å²) >= 11 is 0. The molecule has 2 bridgehead atoms. The van der Waals surface area contributed by atoms with Gasteiger partial charge in [0.1, 0.15) is 6.17 Å². The standard InChI is InChI=1S/C23H24FN5O2/c1-31-22-5-2-14(10-25-22)15-8-21-20(6-7-26-28(21)11-15)27-12-16-3-4-17(13-27)29(16)23(30)18-9-19(18)24/h2,5-8,10-11,16-19H,3-4,9,12-13H2,1H3/t16?,17?,18-,19-/m1/s1. The Bertz CT molecular complexity index is 1130. The van der Waals surface area contributed by atoms with Gasteiger partial charge in [-0.2, -0.15) is 5.10 Å². The molecule has 1 saturated carbocycles. The summed E-state index contributed by atoms with van der Waals surface area (Å²) in [4.78, 5) is 21.4. The highest BCUT2D eigenvalue weighted by molar-refractivity contribution is 5.84. The van der Waals surface area contributed by atoms with E-state index in [1.807, 2.05) is 40.0 Å². The second-order valence-electron chi connectivity index (χ2n) is 8.76. The molecule has 160 valence electrons. The van der Waals surface area contributed by atoms with Crippen LogP contribution in [0.5, 0.6) is 5.88 Å². The van der Waals surface area contributed by atoms with Crippen molar-refractivity contribution < 1.29 is 13.9 Å². The first-order valence-corrected chi connectivity index (χ1v) is 10.8. The number of ether oxygens (including phenoxy) is 1. The molecular formula is C23H24FN5O2. The van der Waals surface area contributed by atoms with Gasteiger partial charge in [0.15, 0.2) is 0 Å². The maximum absolute atomic E-state index is 13.5. The molecule has 1 amide bonds. The lowest BCUT2D eigenvalue weighted by molar-refractivity contribution is -0.136. The van der Waals surface area contributed by atoms with Crippen LogP contribution in [0.4, 0.5) is 10.1 Å². The number of nitrogens with zero attached hydrogens (tertiary/aromatic N) is 5. The van der Waals surface area contributed by atoms with Crippen LogP contribution in [0.3, 0.4) is 0 Å². The molecule has 0 spiro atoms. The first kappa shape index (κ1) is 18.6. The summed E-state index contributed by atoms with van der Waals surface area (Å²) in [6, 6.07) is 8.33. The normalized spacial score (nSPS) is 27.0. The van der Waals surface area contributed by atoms with Gasteiger partial charge in [-0.15, -0.1) is 0 Å². The number of rotatable bonds is 4. The van der Waals surface area contributed by atoms with Crippen molar-refractivity contribution in [1.29, 1.82) is 0 Å². The molecule has 2 unspecified atom stereocenters. The van der Waals surface area contributed by atoms with E-state index in [1.165, 1.54) is 0 Å². The zero-order chi connectivity index (χ0) is 21.1. The van der Waals surface area contributed by atoms with Crippen LogP contribution in [0.1, 0.15) is 19.3 Å². The summed E-state index contributed by atoms with van der Waals surface area (Å²) in [5.41, 5.74) is 4.17. The van der Waals surface area contributed by atoms with Crippen LogP contribution in [-0.4, -0.2) is 63.9 Å². The van der Waals surface area contributed by atoms with Gasteiger partial charge in [0, 0.05) is 61.0 Å². The Labute approximate surface area is 179 Å². The van der Waals surface area contributed by atoms with Gasteiger partial charge < -0.3 is 14.5 Å². The van der Waals surface area contributed by atoms with Crippen LogP contribution in [0.15, 0.2) is 42.9 Å². The number of aromatic nitrogens is 3. The number of amides is 1. The second kappa shape index (κ2) is 6.93. The van der Waals surface area contributed by atoms with Crippen molar-refractivity contribution in [1.82, 2.24) is 19.5 Å². The van der Waals surface area contributed by atoms with Crippen LogP contribution < -0.4 is 9.64 Å². The Hall–Kier alpha value is -3.16. The molecule has 0 N–H and O–H groups in total. The number of piperazine rings is 1. The van der Waals surface area contributed by atoms with Crippen molar-refractivity contribution in [3.63, 3.8) is 0 Å². The number of pyridine rings is 1. The van der Waals surface area contributed by atoms with E-state index < -0.39 is 12.1 Å². The fraction of sp³-hybridized carbons (Fsp3) is 0.435. The molecule has 3 aromatic rings. The van der Waals surface area contributed by atoms with Crippen molar-refractivity contribution in [3.05, 3.63) is 42.9 Å². The molecule has 6 rings (SSSR count). The summed E-state index contributed by atoms with van der Waals surface area (Å²) in [5, 5.41) is 4.49. The molecule has 5 heterocycles. The lowest BCUT2D eigenvalue weighted by Gasteiger charge is -2.42. The largest absolute Gasteiger partial charge is 0.481 e. The molecule has 4 atom stereocenters. The number of fused-ring (bicyclic) bond motifs is 3. The number of methoxy groups -OCH3 is 1. The molecule has 3 fully saturated rings. The van der Waals surface area contributed by atoms with E-state index in [1.54, 1.807) is 13.3 Å². The third-order valence-corrected chi connectivity index (χ3v) is 6.87. The predicted octanol–water partition coefficient (Wildman–Crippen LogP) is 2.94. The number of carbonyl (C=O) groups excluding carboxylic acids is 1. The maximum atomic E-state index is 13.5. The van der Waals surface area contributed by atoms with Gasteiger partial charge in [0.2, 0.25) is 11.8 Å². The Morgan fingerprint density at radius 1 is 1.16 bits per heavy atom. The van der Waals surface area contributed by atoms with Crippen LogP contribution in [0, 0.1) is 5.92 Å². The monoisotopic (exact) mass is 421 g/mol. The van der Waals surface area contributed by atoms with E-state index in [0.29, 0.717) is 12.3 Å². The number of anilines is 1. The van der Waals surface area contributed by atoms with Crippen LogP contribution in [0.25, 0.3) is 16.6 Å². The molecule has 2 aliphatic heterocycles. The summed E-state index contributed by atoms with van der Waals surface area (Å²) in [6.45, 7) is 1.55. The minimum absolute atomic E-state index is 0.0245. The molecule has 7 nitrogen and oxygen atoms in total. The molecule has 0 aromatic carbocycles. The number of carbonyl (C=O) groups is 1. The third-order valence-electron chi connectivity index (χ3n) is 6.87. The van der Waals surface area contributed by atoms with Crippen molar-refractivity contribution in [2.45, 2.75) is 37.5 Å². The summed E-state index contributed by atoms with van der Waals surface area (Å²) in [6.07, 6.45) is 7.06. The van der Waals surface area contributed by atoms with Crippen LogP contribution >= 0.6 is 0 Å². The van der Waals surface area contributed by atoms with Gasteiger partial charge in [-0.1, -0.05) is 0 Å². The first-order chi connectivity index (χ1) is 15.1. The molecule has 31 heavy (non-hydrogen) atoms. The summed E-state index contributed by atoms with van der Waals surface area (Å²) in [5.74, 6) is 0.213. The molecule has 3 aliphatic rings. The Balaban J connectivity index is 1.29. The number of alkyl halides is 1. The van der Waals surface area contributed by atoms with Crippen molar-refractivity contribution >= 4 is 17.1 Å². The van der Waals surface area contributed by atoms with E-state index in [4.69, 9.17) is 4.74 Å². The highest BCUT2D eigenvalue weighted by Gasteiger charge is 2.51. The summed E-state index contributed by atoms with van der Waals surface area (Å²) in [7, 11) is 1.60. The smallest absolute Gasteiger partial charge is 0.229 e. The van der Waals surface area contributed by atoms with Gasteiger partial charge in [-0.3, -0.25) is 4.79 Å². The van der Waals surface area contributed by atoms with Crippen LogP contribution in [0.2, 0.25) is 0 Å². The summed E-state index contributed by atoms with van der Waals surface area (Å²) < 4.78 is 20.5. The van der Waals surface area contributed by atoms with Crippen LogP contribution in [-0.2, 0) is 4.79 Å². The minimum atomic E-state index is -0.934. The fourth-order valence-electron chi connectivity index (χ4n) is 5.17. The Kier molecular flexibility index (Phi) is 4.16. The first-order valence-electron chi connectivity index (χ1n) is 10.8. The number of halogens is 1.